The van der Waals surface area contributed by atoms with E-state index in [0.29, 0.717) is 5.56 Å². The van der Waals surface area contributed by atoms with Crippen LogP contribution in [0.15, 0.2) is 78.9 Å². The van der Waals surface area contributed by atoms with Crippen molar-refractivity contribution >= 4 is 39.1 Å². The minimum atomic E-state index is -3.92. The highest BCUT2D eigenvalue weighted by Crippen LogP contribution is 2.28. The number of anilines is 1. The summed E-state index contributed by atoms with van der Waals surface area (Å²) in [7, 11) is -3.92. The van der Waals surface area contributed by atoms with Crippen LogP contribution in [0.25, 0.3) is 0 Å². The summed E-state index contributed by atoms with van der Waals surface area (Å²) in [5.41, 5.74) is 1.62. The Morgan fingerprint density at radius 2 is 1.56 bits per heavy atom. The minimum absolute atomic E-state index is 0.00735. The van der Waals surface area contributed by atoms with Crippen molar-refractivity contribution in [2.24, 2.45) is 0 Å². The van der Waals surface area contributed by atoms with Gasteiger partial charge in [-0.05, 0) is 48.2 Å². The van der Waals surface area contributed by atoms with Gasteiger partial charge in [0.15, 0.2) is 0 Å². The molecule has 3 aromatic carbocycles. The van der Waals surface area contributed by atoms with Gasteiger partial charge in [0.1, 0.15) is 18.4 Å². The van der Waals surface area contributed by atoms with Gasteiger partial charge in [0.05, 0.1) is 17.0 Å². The normalized spacial score (nSPS) is 14.7. The van der Waals surface area contributed by atoms with Gasteiger partial charge in [0.2, 0.25) is 21.8 Å². The van der Waals surface area contributed by atoms with E-state index in [1.54, 1.807) is 30.3 Å². The Bertz CT molecular complexity index is 1430. The van der Waals surface area contributed by atoms with Crippen LogP contribution < -0.4 is 9.62 Å². The Morgan fingerprint density at radius 3 is 2.20 bits per heavy atom. The van der Waals surface area contributed by atoms with Crippen molar-refractivity contribution in [1.29, 1.82) is 0 Å². The minimum Gasteiger partial charge on any atom is -0.352 e. The summed E-state index contributed by atoms with van der Waals surface area (Å²) in [4.78, 5) is 29.4. The van der Waals surface area contributed by atoms with Crippen LogP contribution in [0.1, 0.15) is 43.2 Å². The van der Waals surface area contributed by atoms with Crippen molar-refractivity contribution in [3.8, 4) is 0 Å². The van der Waals surface area contributed by atoms with Gasteiger partial charge in [0.25, 0.3) is 0 Å². The third kappa shape index (κ3) is 8.53. The van der Waals surface area contributed by atoms with Gasteiger partial charge >= 0.3 is 0 Å². The molecule has 10 heteroatoms. The fourth-order valence-electron chi connectivity index (χ4n) is 5.13. The summed E-state index contributed by atoms with van der Waals surface area (Å²) < 4.78 is 40.4. The molecule has 1 N–H and O–H groups in total. The van der Waals surface area contributed by atoms with Gasteiger partial charge < -0.3 is 10.2 Å². The second kappa shape index (κ2) is 14.0. The largest absolute Gasteiger partial charge is 0.352 e. The number of carbonyl (C=O) groups is 2. The number of hydrogen-bond donors (Lipinski definition) is 1. The number of sulfonamides is 1. The number of para-hydroxylation sites is 1. The quantitative estimate of drug-likeness (QED) is 0.323. The van der Waals surface area contributed by atoms with E-state index in [9.17, 15) is 22.4 Å². The van der Waals surface area contributed by atoms with Crippen molar-refractivity contribution in [2.45, 2.75) is 57.2 Å². The van der Waals surface area contributed by atoms with E-state index in [1.807, 2.05) is 30.3 Å². The monoisotopic (exact) mass is 599 g/mol. The van der Waals surface area contributed by atoms with Gasteiger partial charge in [-0.25, -0.2) is 12.8 Å². The van der Waals surface area contributed by atoms with Crippen LogP contribution >= 0.6 is 11.6 Å². The molecular weight excluding hydrogens is 565 g/mol. The second-order valence-corrected chi connectivity index (χ2v) is 12.7. The van der Waals surface area contributed by atoms with Crippen LogP contribution in [0.5, 0.6) is 0 Å². The van der Waals surface area contributed by atoms with Gasteiger partial charge in [-0.15, -0.1) is 0 Å². The summed E-state index contributed by atoms with van der Waals surface area (Å²) in [6, 6.07) is 20.5. The highest BCUT2D eigenvalue weighted by Gasteiger charge is 2.34. The number of rotatable bonds is 11. The van der Waals surface area contributed by atoms with Crippen LogP contribution in [-0.4, -0.2) is 50.0 Å². The maximum Gasteiger partial charge on any atom is 0.244 e. The highest BCUT2D eigenvalue weighted by molar-refractivity contribution is 7.92. The Morgan fingerprint density at radius 1 is 0.927 bits per heavy atom. The smallest absolute Gasteiger partial charge is 0.244 e. The van der Waals surface area contributed by atoms with E-state index < -0.39 is 34.3 Å². The maximum absolute atomic E-state index is 14.1. The van der Waals surface area contributed by atoms with E-state index in [0.717, 1.165) is 48.2 Å². The first-order valence-electron chi connectivity index (χ1n) is 13.7. The van der Waals surface area contributed by atoms with Crippen molar-refractivity contribution in [1.82, 2.24) is 10.2 Å². The van der Waals surface area contributed by atoms with E-state index in [2.05, 4.69) is 5.32 Å². The number of hydrogen-bond acceptors (Lipinski definition) is 4. The fourth-order valence-corrected chi connectivity index (χ4v) is 6.28. The maximum atomic E-state index is 14.1. The first-order valence-corrected chi connectivity index (χ1v) is 15.9. The molecule has 0 aromatic heterocycles. The molecule has 0 aliphatic heterocycles. The number of amides is 2. The van der Waals surface area contributed by atoms with E-state index in [1.165, 1.54) is 23.1 Å². The zero-order chi connectivity index (χ0) is 29.4. The molecule has 0 spiro atoms. The lowest BCUT2D eigenvalue weighted by atomic mass is 9.94. The summed E-state index contributed by atoms with van der Waals surface area (Å²) in [5.74, 6) is -1.32. The summed E-state index contributed by atoms with van der Waals surface area (Å²) >= 11 is 6.33. The number of benzene rings is 3. The summed E-state index contributed by atoms with van der Waals surface area (Å²) in [6.45, 7) is -0.583. The lowest BCUT2D eigenvalue weighted by molar-refractivity contribution is -0.140. The molecule has 0 bridgehead atoms. The molecule has 7 nitrogen and oxygen atoms in total. The number of nitrogens with zero attached hydrogens (tertiary/aromatic N) is 2. The SMILES string of the molecule is CS(=O)(=O)N(CC(=O)N(Cc1ccc(F)cc1)[C@H](Cc1ccccc1)C(=O)NC1CCCCC1)c1ccccc1Cl. The molecule has 0 radical (unpaired) electrons. The topological polar surface area (TPSA) is 86.8 Å². The molecule has 218 valence electrons. The fraction of sp³-hybridized carbons (Fsp3) is 0.355. The van der Waals surface area contributed by atoms with Gasteiger partial charge in [-0.1, -0.05) is 85.5 Å². The van der Waals surface area contributed by atoms with Crippen molar-refractivity contribution in [3.63, 3.8) is 0 Å². The predicted molar refractivity (Wildman–Crippen MR) is 160 cm³/mol. The standard InChI is InChI=1S/C31H35ClFN3O4S/c1-41(39,40)36(28-15-9-8-14-27(28)32)22-30(37)35(21-24-16-18-25(33)19-17-24)29(20-23-10-4-2-5-11-23)31(38)34-26-12-6-3-7-13-26/h2,4-5,8-11,14-19,26,29H,3,6-7,12-13,20-22H2,1H3,(H,34,38)/t29-/m1/s1. The zero-order valence-corrected chi connectivity index (χ0v) is 24.6. The lowest BCUT2D eigenvalue weighted by Crippen LogP contribution is -2.55. The molecule has 4 rings (SSSR count). The average molecular weight is 600 g/mol. The third-order valence-corrected chi connectivity index (χ3v) is 8.74. The molecular formula is C31H35ClFN3O4S. The second-order valence-electron chi connectivity index (χ2n) is 10.4. The van der Waals surface area contributed by atoms with Crippen LogP contribution in [0.4, 0.5) is 10.1 Å². The van der Waals surface area contributed by atoms with Gasteiger partial charge in [-0.2, -0.15) is 0 Å². The van der Waals surface area contributed by atoms with Crippen LogP contribution in [0.3, 0.4) is 0 Å². The summed E-state index contributed by atoms with van der Waals surface area (Å²) in [6.07, 6.45) is 6.12. The number of carbonyl (C=O) groups excluding carboxylic acids is 2. The van der Waals surface area contributed by atoms with Gasteiger partial charge in [-0.3, -0.25) is 13.9 Å². The number of halogens is 2. The molecule has 0 saturated heterocycles. The van der Waals surface area contributed by atoms with E-state index >= 15 is 0 Å². The molecule has 41 heavy (non-hydrogen) atoms. The first-order chi connectivity index (χ1) is 19.6. The molecule has 1 atom stereocenters. The Balaban J connectivity index is 1.72. The highest BCUT2D eigenvalue weighted by atomic mass is 35.5. The summed E-state index contributed by atoms with van der Waals surface area (Å²) in [5, 5.41) is 3.32. The third-order valence-electron chi connectivity index (χ3n) is 7.29. The van der Waals surface area contributed by atoms with E-state index in [4.69, 9.17) is 11.6 Å². The molecule has 1 saturated carbocycles. The van der Waals surface area contributed by atoms with Gasteiger partial charge in [0, 0.05) is 19.0 Å². The Hall–Kier alpha value is -3.43. The Kier molecular flexibility index (Phi) is 10.4. The van der Waals surface area contributed by atoms with Crippen molar-refractivity contribution < 1.29 is 22.4 Å². The van der Waals surface area contributed by atoms with Crippen LogP contribution in [-0.2, 0) is 32.6 Å². The molecule has 1 aliphatic carbocycles. The van der Waals surface area contributed by atoms with Crippen molar-refractivity contribution in [2.75, 3.05) is 17.1 Å². The number of nitrogens with one attached hydrogen (secondary N) is 1. The van der Waals surface area contributed by atoms with Crippen molar-refractivity contribution in [3.05, 3.63) is 101 Å². The van der Waals surface area contributed by atoms with Crippen LogP contribution in [0, 0.1) is 5.82 Å². The molecule has 1 aliphatic rings. The van der Waals surface area contributed by atoms with Crippen LogP contribution in [0.2, 0.25) is 5.02 Å². The molecule has 0 unspecified atom stereocenters. The lowest BCUT2D eigenvalue weighted by Gasteiger charge is -2.35. The Labute approximate surface area is 246 Å². The molecule has 1 fully saturated rings. The zero-order valence-electron chi connectivity index (χ0n) is 23.0. The predicted octanol–water partition coefficient (Wildman–Crippen LogP) is 5.33. The average Bonchev–Trinajstić information content (AvgIpc) is 2.95. The first kappa shape index (κ1) is 30.5. The molecule has 3 aromatic rings. The molecule has 2 amide bonds. The molecule has 0 heterocycles. The van der Waals surface area contributed by atoms with E-state index in [-0.39, 0.29) is 35.6 Å².